The maximum atomic E-state index is 12.2. The van der Waals surface area contributed by atoms with Gasteiger partial charge in [0, 0.05) is 39.3 Å². The molecule has 98 valence electrons. The Morgan fingerprint density at radius 3 is 2.18 bits per heavy atom. The van der Waals surface area contributed by atoms with Crippen molar-refractivity contribution in [1.29, 1.82) is 0 Å². The topological polar surface area (TPSA) is 36.0 Å². The minimum Gasteiger partial charge on any atom is -0.378 e. The summed E-state index contributed by atoms with van der Waals surface area (Å²) >= 11 is 0. The lowest BCUT2D eigenvalue weighted by Crippen LogP contribution is -2.54. The molecule has 2 amide bonds. The number of carbonyl (C=O) groups is 1. The van der Waals surface area contributed by atoms with Gasteiger partial charge in [0.25, 0.3) is 0 Å². The summed E-state index contributed by atoms with van der Waals surface area (Å²) in [5.74, 6) is 0. The largest absolute Gasteiger partial charge is 0.378 e. The summed E-state index contributed by atoms with van der Waals surface area (Å²) in [5, 5.41) is 0. The smallest absolute Gasteiger partial charge is 0.320 e. The van der Waals surface area contributed by atoms with Gasteiger partial charge < -0.3 is 14.5 Å². The second kappa shape index (κ2) is 6.21. The standard InChI is InChI=1S/C12H23N3O2/c1-2-3-13-4-6-14(7-5-13)12(16)15-8-10-17-11-9-15/h2-11H2,1H3. The van der Waals surface area contributed by atoms with E-state index in [2.05, 4.69) is 11.8 Å². The maximum absolute atomic E-state index is 12.2. The molecule has 0 aliphatic carbocycles. The van der Waals surface area contributed by atoms with Crippen molar-refractivity contribution in [3.63, 3.8) is 0 Å². The van der Waals surface area contributed by atoms with Gasteiger partial charge in [0.2, 0.25) is 0 Å². The number of piperazine rings is 1. The molecular weight excluding hydrogens is 218 g/mol. The molecule has 0 radical (unpaired) electrons. The number of ether oxygens (including phenoxy) is 1. The molecule has 0 aromatic rings. The van der Waals surface area contributed by atoms with Crippen LogP contribution < -0.4 is 0 Å². The lowest BCUT2D eigenvalue weighted by molar-refractivity contribution is 0.0377. The number of rotatable bonds is 2. The monoisotopic (exact) mass is 241 g/mol. The molecule has 2 rings (SSSR count). The summed E-state index contributed by atoms with van der Waals surface area (Å²) in [5.41, 5.74) is 0. The highest BCUT2D eigenvalue weighted by atomic mass is 16.5. The van der Waals surface area contributed by atoms with Crippen LogP contribution in [0.5, 0.6) is 0 Å². The first-order chi connectivity index (χ1) is 8.31. The Kier molecular flexibility index (Phi) is 4.62. The van der Waals surface area contributed by atoms with Crippen molar-refractivity contribution in [3.05, 3.63) is 0 Å². The molecule has 2 heterocycles. The molecular formula is C12H23N3O2. The predicted molar refractivity (Wildman–Crippen MR) is 66.1 cm³/mol. The first kappa shape index (κ1) is 12.6. The summed E-state index contributed by atoms with van der Waals surface area (Å²) in [6.07, 6.45) is 1.19. The van der Waals surface area contributed by atoms with Crippen molar-refractivity contribution >= 4 is 6.03 Å². The zero-order valence-electron chi connectivity index (χ0n) is 10.7. The van der Waals surface area contributed by atoms with Gasteiger partial charge in [0.15, 0.2) is 0 Å². The highest BCUT2D eigenvalue weighted by Gasteiger charge is 2.25. The minimum absolute atomic E-state index is 0.199. The molecule has 0 atom stereocenters. The van der Waals surface area contributed by atoms with Crippen LogP contribution in [0.1, 0.15) is 13.3 Å². The predicted octanol–water partition coefficient (Wildman–Crippen LogP) is 0.466. The number of amides is 2. The third-order valence-corrected chi connectivity index (χ3v) is 3.46. The van der Waals surface area contributed by atoms with Crippen LogP contribution in [0.25, 0.3) is 0 Å². The lowest BCUT2D eigenvalue weighted by atomic mass is 10.3. The van der Waals surface area contributed by atoms with Crippen LogP contribution in [0.3, 0.4) is 0 Å². The Morgan fingerprint density at radius 1 is 1.00 bits per heavy atom. The first-order valence-corrected chi connectivity index (χ1v) is 6.65. The van der Waals surface area contributed by atoms with Gasteiger partial charge in [-0.1, -0.05) is 6.92 Å². The molecule has 0 spiro atoms. The van der Waals surface area contributed by atoms with E-state index in [1.807, 2.05) is 9.80 Å². The van der Waals surface area contributed by atoms with Crippen LogP contribution in [0, 0.1) is 0 Å². The molecule has 2 aliphatic heterocycles. The molecule has 0 aromatic heterocycles. The van der Waals surface area contributed by atoms with E-state index in [4.69, 9.17) is 4.74 Å². The van der Waals surface area contributed by atoms with Crippen LogP contribution in [-0.4, -0.2) is 79.8 Å². The molecule has 2 fully saturated rings. The van der Waals surface area contributed by atoms with E-state index in [9.17, 15) is 4.79 Å². The number of carbonyl (C=O) groups excluding carboxylic acids is 1. The van der Waals surface area contributed by atoms with Crippen LogP contribution >= 0.6 is 0 Å². The maximum Gasteiger partial charge on any atom is 0.320 e. The van der Waals surface area contributed by atoms with Crippen molar-refractivity contribution in [2.75, 3.05) is 59.0 Å². The van der Waals surface area contributed by atoms with Crippen molar-refractivity contribution in [2.24, 2.45) is 0 Å². The molecule has 5 heteroatoms. The molecule has 2 saturated heterocycles. The van der Waals surface area contributed by atoms with Gasteiger partial charge in [-0.2, -0.15) is 0 Å². The second-order valence-electron chi connectivity index (χ2n) is 4.71. The average Bonchev–Trinajstić information content (AvgIpc) is 2.40. The van der Waals surface area contributed by atoms with Crippen LogP contribution in [0.4, 0.5) is 4.79 Å². The summed E-state index contributed by atoms with van der Waals surface area (Å²) in [6, 6.07) is 0.199. The van der Waals surface area contributed by atoms with E-state index in [1.165, 1.54) is 6.42 Å². The minimum atomic E-state index is 0.199. The van der Waals surface area contributed by atoms with Gasteiger partial charge >= 0.3 is 6.03 Å². The normalized spacial score (nSPS) is 22.9. The third-order valence-electron chi connectivity index (χ3n) is 3.46. The molecule has 5 nitrogen and oxygen atoms in total. The highest BCUT2D eigenvalue weighted by Crippen LogP contribution is 2.08. The molecule has 0 unspecified atom stereocenters. The van der Waals surface area contributed by atoms with Crippen LogP contribution in [0.15, 0.2) is 0 Å². The van der Waals surface area contributed by atoms with Gasteiger partial charge in [-0.15, -0.1) is 0 Å². The number of urea groups is 1. The third kappa shape index (κ3) is 3.33. The molecule has 0 saturated carbocycles. The van der Waals surface area contributed by atoms with Gasteiger partial charge in [-0.25, -0.2) is 4.79 Å². The Hall–Kier alpha value is -0.810. The number of nitrogens with zero attached hydrogens (tertiary/aromatic N) is 3. The zero-order chi connectivity index (χ0) is 12.1. The Labute approximate surface area is 103 Å². The zero-order valence-corrected chi connectivity index (χ0v) is 10.7. The van der Waals surface area contributed by atoms with E-state index >= 15 is 0 Å². The Morgan fingerprint density at radius 2 is 1.59 bits per heavy atom. The Bertz CT molecular complexity index is 246. The van der Waals surface area contributed by atoms with Crippen molar-refractivity contribution < 1.29 is 9.53 Å². The van der Waals surface area contributed by atoms with Crippen molar-refractivity contribution in [1.82, 2.24) is 14.7 Å². The van der Waals surface area contributed by atoms with Gasteiger partial charge in [0.05, 0.1) is 13.2 Å². The van der Waals surface area contributed by atoms with E-state index in [-0.39, 0.29) is 6.03 Å². The number of morpholine rings is 1. The van der Waals surface area contributed by atoms with Crippen LogP contribution in [0.2, 0.25) is 0 Å². The van der Waals surface area contributed by atoms with Gasteiger partial charge in [-0.05, 0) is 13.0 Å². The van der Waals surface area contributed by atoms with Crippen LogP contribution in [-0.2, 0) is 4.74 Å². The van der Waals surface area contributed by atoms with Gasteiger partial charge in [0.1, 0.15) is 0 Å². The number of hydrogen-bond donors (Lipinski definition) is 0. The SMILES string of the molecule is CCCN1CCN(C(=O)N2CCOCC2)CC1. The summed E-state index contributed by atoms with van der Waals surface area (Å²) in [6.45, 7) is 9.98. The summed E-state index contributed by atoms with van der Waals surface area (Å²) in [4.78, 5) is 18.5. The van der Waals surface area contributed by atoms with Crippen molar-refractivity contribution in [2.45, 2.75) is 13.3 Å². The second-order valence-corrected chi connectivity index (χ2v) is 4.71. The highest BCUT2D eigenvalue weighted by molar-refractivity contribution is 5.74. The van der Waals surface area contributed by atoms with Gasteiger partial charge in [-0.3, -0.25) is 4.90 Å². The number of hydrogen-bond acceptors (Lipinski definition) is 3. The van der Waals surface area contributed by atoms with E-state index in [1.54, 1.807) is 0 Å². The molecule has 2 aliphatic rings. The summed E-state index contributed by atoms with van der Waals surface area (Å²) in [7, 11) is 0. The fourth-order valence-electron chi connectivity index (χ4n) is 2.43. The molecule has 0 aromatic carbocycles. The fraction of sp³-hybridized carbons (Fsp3) is 0.917. The average molecular weight is 241 g/mol. The quantitative estimate of drug-likeness (QED) is 0.705. The van der Waals surface area contributed by atoms with E-state index in [0.29, 0.717) is 13.2 Å². The summed E-state index contributed by atoms with van der Waals surface area (Å²) < 4.78 is 5.27. The van der Waals surface area contributed by atoms with Crippen molar-refractivity contribution in [3.8, 4) is 0 Å². The fourth-order valence-corrected chi connectivity index (χ4v) is 2.43. The molecule has 17 heavy (non-hydrogen) atoms. The Balaban J connectivity index is 1.77. The molecule has 0 N–H and O–H groups in total. The van der Waals surface area contributed by atoms with E-state index < -0.39 is 0 Å². The molecule has 0 bridgehead atoms. The lowest BCUT2D eigenvalue weighted by Gasteiger charge is -2.38. The first-order valence-electron chi connectivity index (χ1n) is 6.65. The van der Waals surface area contributed by atoms with E-state index in [0.717, 1.165) is 45.8 Å².